The number of hydrogen-bond donors (Lipinski definition) is 1. The van der Waals surface area contributed by atoms with Gasteiger partial charge in [0.25, 0.3) is 0 Å². The molecule has 1 aromatic rings. The number of aryl methyl sites for hydroxylation is 2. The molecule has 0 aromatic carbocycles. The molecule has 1 heterocycles. The molecule has 1 rings (SSSR count). The van der Waals surface area contributed by atoms with Crippen molar-refractivity contribution in [1.82, 2.24) is 4.98 Å². The first-order chi connectivity index (χ1) is 8.08. The third kappa shape index (κ3) is 4.23. The summed E-state index contributed by atoms with van der Waals surface area (Å²) in [6.45, 7) is 9.25. The van der Waals surface area contributed by atoms with Gasteiger partial charge in [-0.25, -0.2) is 0 Å². The molecule has 0 spiro atoms. The molecule has 96 valence electrons. The maximum atomic E-state index is 5.89. The van der Waals surface area contributed by atoms with Crippen molar-refractivity contribution in [3.05, 3.63) is 23.5 Å². The zero-order chi connectivity index (χ0) is 12.8. The first-order valence-electron chi connectivity index (χ1n) is 6.28. The topological polar surface area (TPSA) is 22.1 Å². The van der Waals surface area contributed by atoms with E-state index in [1.807, 2.05) is 19.1 Å². The summed E-state index contributed by atoms with van der Waals surface area (Å²) in [4.78, 5) is 4.50. The quantitative estimate of drug-likeness (QED) is 0.783. The minimum absolute atomic E-state index is 0.490. The predicted octanol–water partition coefficient (Wildman–Crippen LogP) is 3.53. The molecule has 0 aliphatic heterocycles. The smallest absolute Gasteiger partial charge is 0.140 e. The predicted molar refractivity (Wildman–Crippen MR) is 76.0 cm³/mol. The molecule has 0 fully saturated rings. The van der Waals surface area contributed by atoms with Gasteiger partial charge in [0, 0.05) is 11.6 Å². The van der Waals surface area contributed by atoms with Crippen LogP contribution in [-0.4, -0.2) is 17.3 Å². The number of aromatic nitrogens is 1. The summed E-state index contributed by atoms with van der Waals surface area (Å²) in [6.07, 6.45) is 0.907. The number of ether oxygens (including phenoxy) is 1. The Hall–Kier alpha value is -0.700. The number of nitrogens with zero attached hydrogens (tertiary/aromatic N) is 1. The van der Waals surface area contributed by atoms with E-state index in [2.05, 4.69) is 38.4 Å². The largest absolute Gasteiger partial charge is 0.491 e. The minimum Gasteiger partial charge on any atom is -0.491 e. The van der Waals surface area contributed by atoms with Gasteiger partial charge in [-0.05, 0) is 37.1 Å². The van der Waals surface area contributed by atoms with E-state index in [1.165, 1.54) is 0 Å². The Bertz CT molecular complexity index is 352. The van der Waals surface area contributed by atoms with Crippen molar-refractivity contribution in [3.8, 4) is 5.75 Å². The molecular weight excluding hydrogens is 230 g/mol. The second kappa shape index (κ2) is 6.90. The van der Waals surface area contributed by atoms with Crippen LogP contribution in [-0.2, 0) is 6.42 Å². The van der Waals surface area contributed by atoms with Gasteiger partial charge < -0.3 is 4.74 Å². The van der Waals surface area contributed by atoms with Gasteiger partial charge in [-0.1, -0.05) is 20.8 Å². The highest BCUT2D eigenvalue weighted by atomic mass is 32.1. The SMILES string of the molecule is CCc1nc(C)ccc1OCC(CS)C(C)C. The zero-order valence-electron chi connectivity index (χ0n) is 11.2. The average molecular weight is 253 g/mol. The first-order valence-corrected chi connectivity index (χ1v) is 6.91. The van der Waals surface area contributed by atoms with Crippen LogP contribution in [0.15, 0.2) is 12.1 Å². The van der Waals surface area contributed by atoms with E-state index in [0.29, 0.717) is 11.8 Å². The van der Waals surface area contributed by atoms with Crippen LogP contribution in [0.2, 0.25) is 0 Å². The Balaban J connectivity index is 2.68. The van der Waals surface area contributed by atoms with E-state index in [4.69, 9.17) is 4.74 Å². The van der Waals surface area contributed by atoms with Crippen molar-refractivity contribution in [2.75, 3.05) is 12.4 Å². The molecule has 0 amide bonds. The fourth-order valence-electron chi connectivity index (χ4n) is 1.64. The highest BCUT2D eigenvalue weighted by molar-refractivity contribution is 7.80. The fraction of sp³-hybridized carbons (Fsp3) is 0.643. The maximum absolute atomic E-state index is 5.89. The van der Waals surface area contributed by atoms with Gasteiger partial charge in [0.1, 0.15) is 5.75 Å². The highest BCUT2D eigenvalue weighted by Gasteiger charge is 2.13. The number of rotatable bonds is 6. The minimum atomic E-state index is 0.490. The summed E-state index contributed by atoms with van der Waals surface area (Å²) in [5, 5.41) is 0. The van der Waals surface area contributed by atoms with Crippen molar-refractivity contribution < 1.29 is 4.74 Å². The van der Waals surface area contributed by atoms with E-state index < -0.39 is 0 Å². The normalized spacial score (nSPS) is 12.8. The van der Waals surface area contributed by atoms with Gasteiger partial charge in [0.2, 0.25) is 0 Å². The second-order valence-corrected chi connectivity index (χ2v) is 5.11. The lowest BCUT2D eigenvalue weighted by molar-refractivity contribution is 0.224. The Kier molecular flexibility index (Phi) is 5.83. The lowest BCUT2D eigenvalue weighted by atomic mass is 9.99. The summed E-state index contributed by atoms with van der Waals surface area (Å²) in [7, 11) is 0. The summed E-state index contributed by atoms with van der Waals surface area (Å²) >= 11 is 4.37. The average Bonchev–Trinajstić information content (AvgIpc) is 2.31. The van der Waals surface area contributed by atoms with E-state index in [-0.39, 0.29) is 0 Å². The zero-order valence-corrected chi connectivity index (χ0v) is 12.1. The Morgan fingerprint density at radius 2 is 2.06 bits per heavy atom. The molecule has 2 nitrogen and oxygen atoms in total. The molecule has 0 saturated heterocycles. The molecule has 0 radical (unpaired) electrons. The number of pyridine rings is 1. The fourth-order valence-corrected chi connectivity index (χ4v) is 2.16. The molecule has 0 aliphatic carbocycles. The summed E-state index contributed by atoms with van der Waals surface area (Å²) in [6, 6.07) is 4.02. The van der Waals surface area contributed by atoms with Crippen molar-refractivity contribution >= 4 is 12.6 Å². The van der Waals surface area contributed by atoms with Crippen molar-refractivity contribution in [2.24, 2.45) is 11.8 Å². The summed E-state index contributed by atoms with van der Waals surface area (Å²) < 4.78 is 5.89. The first kappa shape index (κ1) is 14.4. The van der Waals surface area contributed by atoms with Crippen LogP contribution in [0.3, 0.4) is 0 Å². The third-order valence-electron chi connectivity index (χ3n) is 3.04. The Labute approximate surface area is 110 Å². The molecule has 0 N–H and O–H groups in total. The van der Waals surface area contributed by atoms with E-state index in [0.717, 1.165) is 35.9 Å². The summed E-state index contributed by atoms with van der Waals surface area (Å²) in [5.41, 5.74) is 2.09. The van der Waals surface area contributed by atoms with Crippen molar-refractivity contribution in [2.45, 2.75) is 34.1 Å². The molecule has 0 saturated carbocycles. The molecule has 1 aromatic heterocycles. The van der Waals surface area contributed by atoms with Crippen LogP contribution >= 0.6 is 12.6 Å². The van der Waals surface area contributed by atoms with Crippen molar-refractivity contribution in [1.29, 1.82) is 0 Å². The van der Waals surface area contributed by atoms with Crippen molar-refractivity contribution in [3.63, 3.8) is 0 Å². The molecule has 0 bridgehead atoms. The Morgan fingerprint density at radius 3 is 2.59 bits per heavy atom. The molecule has 1 atom stereocenters. The van der Waals surface area contributed by atoms with Gasteiger partial charge in [-0.2, -0.15) is 12.6 Å². The van der Waals surface area contributed by atoms with Gasteiger partial charge in [-0.15, -0.1) is 0 Å². The van der Waals surface area contributed by atoms with Crippen LogP contribution in [0.4, 0.5) is 0 Å². The number of hydrogen-bond acceptors (Lipinski definition) is 3. The molecule has 17 heavy (non-hydrogen) atoms. The second-order valence-electron chi connectivity index (χ2n) is 4.75. The van der Waals surface area contributed by atoms with Gasteiger partial charge in [-0.3, -0.25) is 4.98 Å². The monoisotopic (exact) mass is 253 g/mol. The van der Waals surface area contributed by atoms with E-state index >= 15 is 0 Å². The summed E-state index contributed by atoms with van der Waals surface area (Å²) in [5.74, 6) is 2.86. The molecule has 3 heteroatoms. The van der Waals surface area contributed by atoms with Gasteiger partial charge in [0.05, 0.1) is 12.3 Å². The van der Waals surface area contributed by atoms with Crippen LogP contribution in [0.5, 0.6) is 5.75 Å². The van der Waals surface area contributed by atoms with Crippen LogP contribution in [0, 0.1) is 18.8 Å². The Morgan fingerprint density at radius 1 is 1.35 bits per heavy atom. The molecule has 0 aliphatic rings. The third-order valence-corrected chi connectivity index (χ3v) is 3.51. The number of thiol groups is 1. The van der Waals surface area contributed by atoms with E-state index in [9.17, 15) is 0 Å². The molecule has 1 unspecified atom stereocenters. The van der Waals surface area contributed by atoms with Gasteiger partial charge in [0.15, 0.2) is 0 Å². The van der Waals surface area contributed by atoms with Crippen LogP contribution < -0.4 is 4.74 Å². The van der Waals surface area contributed by atoms with Gasteiger partial charge >= 0.3 is 0 Å². The van der Waals surface area contributed by atoms with E-state index in [1.54, 1.807) is 0 Å². The maximum Gasteiger partial charge on any atom is 0.140 e. The lowest BCUT2D eigenvalue weighted by Crippen LogP contribution is -2.20. The molecular formula is C14H23NOS. The standard InChI is InChI=1S/C14H23NOS/c1-5-13-14(7-6-11(4)15-13)16-8-12(9-17)10(2)3/h6-7,10,12,17H,5,8-9H2,1-4H3. The highest BCUT2D eigenvalue weighted by Crippen LogP contribution is 2.20. The lowest BCUT2D eigenvalue weighted by Gasteiger charge is -2.20. The van der Waals surface area contributed by atoms with Crippen LogP contribution in [0.25, 0.3) is 0 Å². The van der Waals surface area contributed by atoms with Crippen LogP contribution in [0.1, 0.15) is 32.2 Å².